The van der Waals surface area contributed by atoms with Gasteiger partial charge < -0.3 is 15.0 Å². The molecule has 0 saturated carbocycles. The van der Waals surface area contributed by atoms with E-state index in [2.05, 4.69) is 4.98 Å². The molecule has 1 aromatic carbocycles. The number of aliphatic hydroxyl groups excluding tert-OH is 1. The molecule has 0 saturated heterocycles. The lowest BCUT2D eigenvalue weighted by molar-refractivity contribution is -0.634. The summed E-state index contributed by atoms with van der Waals surface area (Å²) in [4.78, 5) is 3.61. The smallest absolute Gasteiger partial charge is 0.385 e. The number of fused-ring (bicyclic) bond motifs is 1. The average Bonchev–Trinajstić information content (AvgIpc) is 2.69. The highest BCUT2D eigenvalue weighted by atomic mass is 19.4. The zero-order valence-electron chi connectivity index (χ0n) is 10.4. The zero-order chi connectivity index (χ0) is 14.0. The van der Waals surface area contributed by atoms with Gasteiger partial charge in [-0.3, -0.25) is 0 Å². The Morgan fingerprint density at radius 2 is 2.05 bits per heavy atom. The summed E-state index contributed by atoms with van der Waals surface area (Å²) in [7, 11) is 1.75. The molecule has 4 nitrogen and oxygen atoms in total. The minimum Gasteiger partial charge on any atom is -0.385 e. The summed E-state index contributed by atoms with van der Waals surface area (Å²) < 4.78 is 39.9. The van der Waals surface area contributed by atoms with Gasteiger partial charge >= 0.3 is 6.18 Å². The standard InChI is InChI=1S/C12H14F3N3O/c1-16-6-8(19)7-18-10-5-3-2-4-9(10)17-11(18)12(13,14)15/h2-5,8,16,19H,6-7H2,1H3/p+1/t8-/m0/s1. The van der Waals surface area contributed by atoms with Crippen molar-refractivity contribution >= 4 is 11.0 Å². The first-order chi connectivity index (χ1) is 8.93. The van der Waals surface area contributed by atoms with Gasteiger partial charge in [-0.15, -0.1) is 0 Å². The summed E-state index contributed by atoms with van der Waals surface area (Å²) in [6, 6.07) is 6.38. The second-order valence-corrected chi connectivity index (χ2v) is 4.33. The van der Waals surface area contributed by atoms with Gasteiger partial charge in [0, 0.05) is 0 Å². The molecule has 2 rings (SSSR count). The first kappa shape index (κ1) is 13.8. The largest absolute Gasteiger partial charge is 0.449 e. The maximum absolute atomic E-state index is 13.0. The number of hydrogen-bond acceptors (Lipinski definition) is 2. The van der Waals surface area contributed by atoms with E-state index in [0.717, 1.165) is 4.57 Å². The summed E-state index contributed by atoms with van der Waals surface area (Å²) >= 11 is 0. The van der Waals surface area contributed by atoms with Crippen molar-refractivity contribution < 1.29 is 23.6 Å². The Bertz CT molecular complexity index is 565. The van der Waals surface area contributed by atoms with Crippen molar-refractivity contribution in [3.63, 3.8) is 0 Å². The van der Waals surface area contributed by atoms with Crippen LogP contribution in [0.5, 0.6) is 0 Å². The lowest BCUT2D eigenvalue weighted by Gasteiger charge is -2.14. The van der Waals surface area contributed by atoms with E-state index in [-0.39, 0.29) is 12.1 Å². The quantitative estimate of drug-likeness (QED) is 0.858. The fourth-order valence-electron chi connectivity index (χ4n) is 2.03. The van der Waals surface area contributed by atoms with Gasteiger partial charge in [-0.05, 0) is 12.1 Å². The molecule has 0 aliphatic carbocycles. The number of imidazole rings is 1. The summed E-state index contributed by atoms with van der Waals surface area (Å²) in [6.45, 7) is 0.212. The van der Waals surface area contributed by atoms with Crippen LogP contribution < -0.4 is 5.32 Å². The number of alkyl halides is 3. The van der Waals surface area contributed by atoms with Crippen LogP contribution in [-0.4, -0.2) is 34.4 Å². The molecule has 0 radical (unpaired) electrons. The van der Waals surface area contributed by atoms with Gasteiger partial charge in [-0.1, -0.05) is 12.1 Å². The number of nitrogens with zero attached hydrogens (tertiary/aromatic N) is 2. The first-order valence-corrected chi connectivity index (χ1v) is 5.92. The Morgan fingerprint density at radius 3 is 2.68 bits per heavy atom. The molecule has 0 fully saturated rings. The summed E-state index contributed by atoms with van der Waals surface area (Å²) in [5, 5.41) is 11.4. The number of likely N-dealkylation sites (N-methyl/N-ethyl adjacent to an activating group) is 1. The minimum absolute atomic E-state index is 0.125. The molecule has 0 aliphatic heterocycles. The monoisotopic (exact) mass is 274 g/mol. The third kappa shape index (κ3) is 2.87. The summed E-state index contributed by atoms with van der Waals surface area (Å²) in [6.07, 6.45) is -5.39. The zero-order valence-corrected chi connectivity index (χ0v) is 10.4. The third-order valence-electron chi connectivity index (χ3n) is 2.81. The van der Waals surface area contributed by atoms with Crippen LogP contribution in [0.2, 0.25) is 0 Å². The second-order valence-electron chi connectivity index (χ2n) is 4.33. The molecule has 0 bridgehead atoms. The molecule has 104 valence electrons. The predicted molar refractivity (Wildman–Crippen MR) is 63.5 cm³/mol. The molecular formula is C12H15F3N3O+. The highest BCUT2D eigenvalue weighted by Crippen LogP contribution is 2.31. The molecule has 0 spiro atoms. The Morgan fingerprint density at radius 1 is 1.37 bits per heavy atom. The van der Waals surface area contributed by atoms with Gasteiger partial charge in [-0.2, -0.15) is 13.2 Å². The van der Waals surface area contributed by atoms with Gasteiger partial charge in [0.05, 0.1) is 24.6 Å². The number of benzene rings is 1. The molecule has 0 unspecified atom stereocenters. The van der Waals surface area contributed by atoms with E-state index in [0.29, 0.717) is 12.1 Å². The minimum atomic E-state index is -4.53. The summed E-state index contributed by atoms with van der Waals surface area (Å²) in [5.41, 5.74) is 0.660. The van der Waals surface area contributed by atoms with E-state index in [4.69, 9.17) is 0 Å². The molecule has 1 heterocycles. The highest BCUT2D eigenvalue weighted by molar-refractivity contribution is 5.76. The third-order valence-corrected chi connectivity index (χ3v) is 2.81. The van der Waals surface area contributed by atoms with E-state index < -0.39 is 18.1 Å². The fourth-order valence-corrected chi connectivity index (χ4v) is 2.03. The number of halogens is 3. The Kier molecular flexibility index (Phi) is 3.77. The van der Waals surface area contributed by atoms with Crippen molar-refractivity contribution in [2.24, 2.45) is 0 Å². The number of quaternary nitrogens is 1. The molecule has 7 heteroatoms. The number of hydrogen-bond donors (Lipinski definition) is 2. The van der Waals surface area contributed by atoms with Crippen LogP contribution in [0.25, 0.3) is 11.0 Å². The van der Waals surface area contributed by atoms with Gasteiger partial charge in [0.2, 0.25) is 5.82 Å². The molecule has 1 atom stereocenters. The Hall–Kier alpha value is -1.60. The number of para-hydroxylation sites is 2. The van der Waals surface area contributed by atoms with Crippen molar-refractivity contribution in [2.75, 3.05) is 13.6 Å². The first-order valence-electron chi connectivity index (χ1n) is 5.92. The van der Waals surface area contributed by atoms with Crippen LogP contribution in [0.4, 0.5) is 13.2 Å². The van der Waals surface area contributed by atoms with Gasteiger partial charge in [0.15, 0.2) is 0 Å². The van der Waals surface area contributed by atoms with Crippen molar-refractivity contribution in [1.82, 2.24) is 9.55 Å². The van der Waals surface area contributed by atoms with E-state index in [1.165, 1.54) is 6.07 Å². The topological polar surface area (TPSA) is 54.7 Å². The van der Waals surface area contributed by atoms with Crippen LogP contribution in [-0.2, 0) is 12.7 Å². The SMILES string of the molecule is C[NH2+]C[C@H](O)Cn1c(C(F)(F)F)nc2ccccc21. The molecule has 19 heavy (non-hydrogen) atoms. The van der Waals surface area contributed by atoms with E-state index in [9.17, 15) is 18.3 Å². The molecule has 0 aliphatic rings. The second kappa shape index (κ2) is 5.18. The van der Waals surface area contributed by atoms with E-state index in [1.807, 2.05) is 0 Å². The predicted octanol–water partition coefficient (Wildman–Crippen LogP) is 0.609. The Balaban J connectivity index is 2.49. The van der Waals surface area contributed by atoms with Gasteiger partial charge in [-0.25, -0.2) is 4.98 Å². The van der Waals surface area contributed by atoms with Crippen LogP contribution in [0.3, 0.4) is 0 Å². The van der Waals surface area contributed by atoms with Crippen molar-refractivity contribution in [2.45, 2.75) is 18.8 Å². The number of aliphatic hydroxyl groups is 1. The van der Waals surface area contributed by atoms with Gasteiger partial charge in [0.25, 0.3) is 0 Å². The van der Waals surface area contributed by atoms with Crippen LogP contribution >= 0.6 is 0 Å². The Labute approximate surface area is 107 Å². The van der Waals surface area contributed by atoms with Crippen LogP contribution in [0.15, 0.2) is 24.3 Å². The normalized spacial score (nSPS) is 13.9. The maximum atomic E-state index is 13.0. The van der Waals surface area contributed by atoms with E-state index in [1.54, 1.807) is 30.6 Å². The lowest BCUT2D eigenvalue weighted by atomic mass is 10.3. The average molecular weight is 274 g/mol. The number of aromatic nitrogens is 2. The van der Waals surface area contributed by atoms with Crippen molar-refractivity contribution in [3.8, 4) is 0 Å². The maximum Gasteiger partial charge on any atom is 0.449 e. The molecule has 0 amide bonds. The molecule has 1 aromatic heterocycles. The molecule has 2 aromatic rings. The van der Waals surface area contributed by atoms with Crippen molar-refractivity contribution in [3.05, 3.63) is 30.1 Å². The number of nitrogens with two attached hydrogens (primary N) is 1. The molecular weight excluding hydrogens is 259 g/mol. The summed E-state index contributed by atoms with van der Waals surface area (Å²) in [5.74, 6) is -0.969. The van der Waals surface area contributed by atoms with Crippen LogP contribution in [0.1, 0.15) is 5.82 Å². The lowest BCUT2D eigenvalue weighted by Crippen LogP contribution is -2.82. The van der Waals surface area contributed by atoms with Crippen molar-refractivity contribution in [1.29, 1.82) is 0 Å². The number of rotatable bonds is 4. The molecule has 3 N–H and O–H groups in total. The highest BCUT2D eigenvalue weighted by Gasteiger charge is 2.37. The fraction of sp³-hybridized carbons (Fsp3) is 0.417. The van der Waals surface area contributed by atoms with Crippen LogP contribution in [0, 0.1) is 0 Å². The van der Waals surface area contributed by atoms with E-state index >= 15 is 0 Å². The van der Waals surface area contributed by atoms with Gasteiger partial charge in [0.1, 0.15) is 12.6 Å².